The zero-order valence-electron chi connectivity index (χ0n) is 16.5. The second-order valence-electron chi connectivity index (χ2n) is 6.57. The molecule has 0 saturated carbocycles. The molecule has 4 rings (SSSR count). The number of hydrogen-bond donors (Lipinski definition) is 0. The van der Waals surface area contributed by atoms with Crippen molar-refractivity contribution in [1.29, 1.82) is 0 Å². The fourth-order valence-corrected chi connectivity index (χ4v) is 4.06. The second-order valence-corrected chi connectivity index (χ2v) is 7.88. The fraction of sp³-hybridized carbons (Fsp3) is 0.0870. The van der Waals surface area contributed by atoms with Gasteiger partial charge in [0.1, 0.15) is 11.9 Å². The number of halogens is 1. The van der Waals surface area contributed by atoms with Crippen LogP contribution < -0.4 is 9.80 Å². The van der Waals surface area contributed by atoms with Crippen LogP contribution in [0, 0.1) is 0 Å². The Morgan fingerprint density at radius 1 is 1.13 bits per heavy atom. The molecule has 1 amide bonds. The molecular weight excluding hydrogens is 434 g/mol. The normalized spacial score (nSPS) is 17.7. The number of ether oxygens (including phenoxy) is 1. The van der Waals surface area contributed by atoms with E-state index in [9.17, 15) is 9.59 Å². The minimum Gasteiger partial charge on any atom is -0.466 e. The molecule has 8 heteroatoms. The van der Waals surface area contributed by atoms with Crippen LogP contribution in [-0.2, 0) is 14.3 Å². The van der Waals surface area contributed by atoms with Crippen LogP contribution in [0.15, 0.2) is 84.0 Å². The maximum absolute atomic E-state index is 13.4. The van der Waals surface area contributed by atoms with Crippen molar-refractivity contribution in [2.45, 2.75) is 6.17 Å². The summed E-state index contributed by atoms with van der Waals surface area (Å²) in [4.78, 5) is 33.2. The molecule has 1 aliphatic rings. The molecule has 1 saturated heterocycles. The monoisotopic (exact) mass is 451 g/mol. The summed E-state index contributed by atoms with van der Waals surface area (Å²) < 4.78 is 4.79. The summed E-state index contributed by atoms with van der Waals surface area (Å²) in [6.45, 7) is 0. The molecule has 0 spiro atoms. The molecule has 6 nitrogen and oxygen atoms in total. The van der Waals surface area contributed by atoms with Crippen molar-refractivity contribution in [1.82, 2.24) is 4.98 Å². The summed E-state index contributed by atoms with van der Waals surface area (Å²) in [5.41, 5.74) is 1.87. The van der Waals surface area contributed by atoms with Gasteiger partial charge in [-0.3, -0.25) is 9.69 Å². The molecular formula is C23H18ClN3O3S. The number of benzene rings is 2. The van der Waals surface area contributed by atoms with Gasteiger partial charge >= 0.3 is 5.97 Å². The zero-order valence-corrected chi connectivity index (χ0v) is 18.1. The lowest BCUT2D eigenvalue weighted by molar-refractivity contribution is -0.135. The standard InChI is InChI=1S/C23H18ClN3O3S/c1-30-21(28)15-19-22(29)27(23-25-13-14-31-23)20(12-7-16-5-3-2-4-6-16)26(19)18-10-8-17(24)9-11-18/h2-15,20H,1H3/b12-7+,19-15+. The Morgan fingerprint density at radius 2 is 1.87 bits per heavy atom. The highest BCUT2D eigenvalue weighted by Crippen LogP contribution is 2.37. The van der Waals surface area contributed by atoms with Crippen LogP contribution in [0.4, 0.5) is 10.8 Å². The zero-order chi connectivity index (χ0) is 21.8. The van der Waals surface area contributed by atoms with E-state index in [2.05, 4.69) is 4.98 Å². The summed E-state index contributed by atoms with van der Waals surface area (Å²) >= 11 is 7.42. The lowest BCUT2D eigenvalue weighted by Crippen LogP contribution is -2.38. The molecule has 1 aromatic heterocycles. The summed E-state index contributed by atoms with van der Waals surface area (Å²) in [5, 5.41) is 2.90. The average Bonchev–Trinajstić information content (AvgIpc) is 3.40. The van der Waals surface area contributed by atoms with Gasteiger partial charge in [-0.2, -0.15) is 0 Å². The fourth-order valence-electron chi connectivity index (χ4n) is 3.27. The molecule has 1 atom stereocenters. The Morgan fingerprint density at radius 3 is 2.52 bits per heavy atom. The summed E-state index contributed by atoms with van der Waals surface area (Å²) in [6, 6.07) is 16.8. The lowest BCUT2D eigenvalue weighted by Gasteiger charge is -2.27. The lowest BCUT2D eigenvalue weighted by atomic mass is 10.2. The van der Waals surface area contributed by atoms with Crippen LogP contribution in [-0.4, -0.2) is 30.1 Å². The molecule has 2 heterocycles. The average molecular weight is 452 g/mol. The van der Waals surface area contributed by atoms with Gasteiger partial charge in [0, 0.05) is 22.3 Å². The molecule has 2 aromatic carbocycles. The van der Waals surface area contributed by atoms with Gasteiger partial charge in [0.15, 0.2) is 5.13 Å². The third-order valence-electron chi connectivity index (χ3n) is 4.67. The molecule has 0 radical (unpaired) electrons. The minimum absolute atomic E-state index is 0.187. The minimum atomic E-state index is -0.617. The third-order valence-corrected chi connectivity index (χ3v) is 5.70. The molecule has 156 valence electrons. The van der Waals surface area contributed by atoms with Crippen molar-refractivity contribution in [3.8, 4) is 0 Å². The van der Waals surface area contributed by atoms with Gasteiger partial charge in [0.2, 0.25) is 0 Å². The first-order valence-corrected chi connectivity index (χ1v) is 10.6. The number of anilines is 2. The van der Waals surface area contributed by atoms with E-state index in [-0.39, 0.29) is 11.6 Å². The number of carbonyl (C=O) groups is 2. The summed E-state index contributed by atoms with van der Waals surface area (Å²) in [6.07, 6.45) is 6.13. The number of amides is 1. The van der Waals surface area contributed by atoms with E-state index in [0.29, 0.717) is 15.8 Å². The van der Waals surface area contributed by atoms with E-state index < -0.39 is 12.1 Å². The van der Waals surface area contributed by atoms with E-state index in [0.717, 1.165) is 5.56 Å². The van der Waals surface area contributed by atoms with Crippen LogP contribution in [0.25, 0.3) is 6.08 Å². The quantitative estimate of drug-likeness (QED) is 0.414. The van der Waals surface area contributed by atoms with Crippen LogP contribution in [0.1, 0.15) is 5.56 Å². The molecule has 1 unspecified atom stereocenters. The topological polar surface area (TPSA) is 62.7 Å². The summed E-state index contributed by atoms with van der Waals surface area (Å²) in [5.74, 6) is -0.966. The number of thiazole rings is 1. The molecule has 1 aliphatic heterocycles. The highest BCUT2D eigenvalue weighted by atomic mass is 35.5. The van der Waals surface area contributed by atoms with Gasteiger partial charge in [-0.05, 0) is 35.9 Å². The van der Waals surface area contributed by atoms with Crippen molar-refractivity contribution >= 4 is 51.7 Å². The van der Waals surface area contributed by atoms with Crippen molar-refractivity contribution < 1.29 is 14.3 Å². The van der Waals surface area contributed by atoms with Crippen molar-refractivity contribution in [3.05, 3.63) is 94.6 Å². The smallest absolute Gasteiger partial charge is 0.332 e. The number of carbonyl (C=O) groups excluding carboxylic acids is 2. The SMILES string of the molecule is COC(=O)/C=C1\C(=O)N(c2nccs2)C(/C=C/c2ccccc2)N1c1ccc(Cl)cc1. The van der Waals surface area contributed by atoms with Crippen LogP contribution in [0.5, 0.6) is 0 Å². The first-order chi connectivity index (χ1) is 15.1. The maximum Gasteiger partial charge on any atom is 0.332 e. The number of aromatic nitrogens is 1. The third kappa shape index (κ3) is 4.38. The van der Waals surface area contributed by atoms with Gasteiger partial charge in [-0.15, -0.1) is 11.3 Å². The molecule has 1 fully saturated rings. The number of methoxy groups -OCH3 is 1. The first-order valence-electron chi connectivity index (χ1n) is 9.39. The van der Waals surface area contributed by atoms with Crippen molar-refractivity contribution in [3.63, 3.8) is 0 Å². The number of esters is 1. The molecule has 3 aromatic rings. The summed E-state index contributed by atoms with van der Waals surface area (Å²) in [7, 11) is 1.27. The van der Waals surface area contributed by atoms with E-state index in [1.807, 2.05) is 42.5 Å². The Balaban J connectivity index is 1.86. The largest absolute Gasteiger partial charge is 0.466 e. The Hall–Kier alpha value is -3.42. The van der Waals surface area contributed by atoms with Gasteiger partial charge < -0.3 is 9.64 Å². The predicted octanol–water partition coefficient (Wildman–Crippen LogP) is 4.75. The van der Waals surface area contributed by atoms with E-state index >= 15 is 0 Å². The van der Waals surface area contributed by atoms with E-state index in [4.69, 9.17) is 16.3 Å². The maximum atomic E-state index is 13.4. The van der Waals surface area contributed by atoms with Gasteiger partial charge in [0.25, 0.3) is 5.91 Å². The van der Waals surface area contributed by atoms with E-state index in [1.165, 1.54) is 24.5 Å². The highest BCUT2D eigenvalue weighted by molar-refractivity contribution is 7.13. The van der Waals surface area contributed by atoms with Gasteiger partial charge in [-0.25, -0.2) is 9.78 Å². The molecule has 0 bridgehead atoms. The van der Waals surface area contributed by atoms with Crippen molar-refractivity contribution in [2.75, 3.05) is 16.9 Å². The highest BCUT2D eigenvalue weighted by Gasteiger charge is 2.43. The molecule has 31 heavy (non-hydrogen) atoms. The predicted molar refractivity (Wildman–Crippen MR) is 123 cm³/mol. The second kappa shape index (κ2) is 9.16. The van der Waals surface area contributed by atoms with E-state index in [1.54, 1.807) is 45.6 Å². The van der Waals surface area contributed by atoms with Gasteiger partial charge in [0.05, 0.1) is 13.2 Å². The molecule has 0 aliphatic carbocycles. The Bertz CT molecular complexity index is 1130. The first kappa shape index (κ1) is 20.8. The molecule has 0 N–H and O–H groups in total. The number of hydrogen-bond acceptors (Lipinski definition) is 6. The number of rotatable bonds is 5. The van der Waals surface area contributed by atoms with Crippen LogP contribution in [0.3, 0.4) is 0 Å². The van der Waals surface area contributed by atoms with Crippen molar-refractivity contribution in [2.24, 2.45) is 0 Å². The number of nitrogens with zero attached hydrogens (tertiary/aromatic N) is 3. The Kier molecular flexibility index (Phi) is 6.16. The van der Waals surface area contributed by atoms with Crippen LogP contribution in [0.2, 0.25) is 5.02 Å². The Labute approximate surface area is 188 Å². The van der Waals surface area contributed by atoms with Gasteiger partial charge in [-0.1, -0.05) is 48.0 Å². The van der Waals surface area contributed by atoms with Crippen LogP contribution >= 0.6 is 22.9 Å².